The maximum absolute atomic E-state index is 11.8. The minimum absolute atomic E-state index is 0.0476. The fraction of sp³-hybridized carbons (Fsp3) is 1.00. The van der Waals surface area contributed by atoms with E-state index in [9.17, 15) is 8.42 Å². The van der Waals surface area contributed by atoms with Crippen LogP contribution >= 0.6 is 0 Å². The molecule has 0 aromatic heterocycles. The molecule has 19 heavy (non-hydrogen) atoms. The van der Waals surface area contributed by atoms with Crippen LogP contribution < -0.4 is 5.32 Å². The molecule has 0 saturated carbocycles. The minimum Gasteiger partial charge on any atom is -0.310 e. The van der Waals surface area contributed by atoms with Gasteiger partial charge in [-0.3, -0.25) is 0 Å². The summed E-state index contributed by atoms with van der Waals surface area (Å²) in [6.45, 7) is 17.7. The highest BCUT2D eigenvalue weighted by Gasteiger charge is 2.33. The van der Waals surface area contributed by atoms with E-state index in [1.54, 1.807) is 4.31 Å². The molecule has 0 rings (SSSR count). The molecule has 0 fully saturated rings. The second-order valence-corrected chi connectivity index (χ2v) is 9.71. The number of nitrogens with zero attached hydrogens (tertiary/aromatic N) is 1. The predicted molar refractivity (Wildman–Crippen MR) is 82.8 cm³/mol. The summed E-state index contributed by atoms with van der Waals surface area (Å²) in [4.78, 5) is 0. The molecule has 0 aliphatic heterocycles. The molecule has 0 spiro atoms. The van der Waals surface area contributed by atoms with E-state index >= 15 is 0 Å². The van der Waals surface area contributed by atoms with Gasteiger partial charge in [-0.2, -0.15) is 4.31 Å². The van der Waals surface area contributed by atoms with Crippen molar-refractivity contribution in [2.24, 2.45) is 5.41 Å². The molecule has 0 radical (unpaired) electrons. The fourth-order valence-corrected chi connectivity index (χ4v) is 3.15. The van der Waals surface area contributed by atoms with Crippen LogP contribution in [0, 0.1) is 5.41 Å². The van der Waals surface area contributed by atoms with E-state index in [-0.39, 0.29) is 16.5 Å². The molecule has 0 amide bonds. The van der Waals surface area contributed by atoms with Crippen molar-refractivity contribution in [3.05, 3.63) is 0 Å². The summed E-state index contributed by atoms with van der Waals surface area (Å²) >= 11 is 0. The van der Waals surface area contributed by atoms with Gasteiger partial charge in [-0.15, -0.1) is 0 Å². The van der Waals surface area contributed by atoms with E-state index in [1.165, 1.54) is 6.26 Å². The smallest absolute Gasteiger partial charge is 0.211 e. The van der Waals surface area contributed by atoms with Gasteiger partial charge in [0.15, 0.2) is 0 Å². The maximum Gasteiger partial charge on any atom is 0.211 e. The lowest BCUT2D eigenvalue weighted by molar-refractivity contribution is 0.165. The molecule has 0 unspecified atom stereocenters. The average molecular weight is 292 g/mol. The van der Waals surface area contributed by atoms with Crippen molar-refractivity contribution in [3.8, 4) is 0 Å². The molecule has 0 atom stereocenters. The average Bonchev–Trinajstić information content (AvgIpc) is 2.05. The first-order chi connectivity index (χ1) is 8.09. The van der Waals surface area contributed by atoms with Crippen molar-refractivity contribution >= 4 is 10.0 Å². The third-order valence-corrected chi connectivity index (χ3v) is 5.44. The lowest BCUT2D eigenvalue weighted by atomic mass is 9.76. The highest BCUT2D eigenvalue weighted by molar-refractivity contribution is 7.88. The number of hydrogen-bond acceptors (Lipinski definition) is 3. The summed E-state index contributed by atoms with van der Waals surface area (Å²) in [6.07, 6.45) is 1.27. The fourth-order valence-electron chi connectivity index (χ4n) is 1.73. The molecule has 0 aromatic rings. The van der Waals surface area contributed by atoms with Crippen LogP contribution in [0.3, 0.4) is 0 Å². The van der Waals surface area contributed by atoms with Gasteiger partial charge in [0.1, 0.15) is 0 Å². The SMILES string of the molecule is CC(C)(C)N(CCNC(C)(C)C(C)(C)C)S(C)(=O)=O. The zero-order chi connectivity index (χ0) is 15.7. The van der Waals surface area contributed by atoms with Crippen molar-refractivity contribution in [3.63, 3.8) is 0 Å². The topological polar surface area (TPSA) is 49.4 Å². The van der Waals surface area contributed by atoms with E-state index in [2.05, 4.69) is 39.9 Å². The quantitative estimate of drug-likeness (QED) is 0.847. The van der Waals surface area contributed by atoms with Crippen LogP contribution in [0.15, 0.2) is 0 Å². The van der Waals surface area contributed by atoms with Crippen molar-refractivity contribution in [2.45, 2.75) is 66.5 Å². The van der Waals surface area contributed by atoms with Crippen molar-refractivity contribution in [1.82, 2.24) is 9.62 Å². The van der Waals surface area contributed by atoms with E-state index in [1.807, 2.05) is 20.8 Å². The van der Waals surface area contributed by atoms with Gasteiger partial charge in [-0.25, -0.2) is 8.42 Å². The third kappa shape index (κ3) is 5.79. The molecule has 1 N–H and O–H groups in total. The van der Waals surface area contributed by atoms with Gasteiger partial charge in [0.05, 0.1) is 6.26 Å². The van der Waals surface area contributed by atoms with Crippen LogP contribution in [0.1, 0.15) is 55.4 Å². The highest BCUT2D eigenvalue weighted by Crippen LogP contribution is 2.29. The van der Waals surface area contributed by atoms with E-state index in [0.29, 0.717) is 13.1 Å². The third-order valence-electron chi connectivity index (χ3n) is 3.91. The Bertz CT molecular complexity index is 387. The molecular formula is C14H32N2O2S. The molecular weight excluding hydrogens is 260 g/mol. The normalized spacial score (nSPS) is 15.1. The van der Waals surface area contributed by atoms with E-state index < -0.39 is 10.0 Å². The van der Waals surface area contributed by atoms with Gasteiger partial charge >= 0.3 is 0 Å². The van der Waals surface area contributed by atoms with Gasteiger partial charge in [0.25, 0.3) is 0 Å². The summed E-state index contributed by atoms with van der Waals surface area (Å²) in [6, 6.07) is 0. The van der Waals surface area contributed by atoms with Crippen molar-refractivity contribution < 1.29 is 8.42 Å². The molecule has 0 bridgehead atoms. The zero-order valence-corrected chi connectivity index (χ0v) is 14.9. The van der Waals surface area contributed by atoms with Gasteiger partial charge in [0, 0.05) is 24.2 Å². The van der Waals surface area contributed by atoms with Gasteiger partial charge < -0.3 is 5.32 Å². The Hall–Kier alpha value is -0.130. The summed E-state index contributed by atoms with van der Waals surface area (Å²) in [7, 11) is -3.18. The highest BCUT2D eigenvalue weighted by atomic mass is 32.2. The van der Waals surface area contributed by atoms with E-state index in [0.717, 1.165) is 0 Å². The van der Waals surface area contributed by atoms with Gasteiger partial charge in [-0.1, -0.05) is 20.8 Å². The number of hydrogen-bond donors (Lipinski definition) is 1. The second kappa shape index (κ2) is 5.70. The molecule has 0 aromatic carbocycles. The van der Waals surface area contributed by atoms with Crippen LogP contribution in [-0.2, 0) is 10.0 Å². The Balaban J connectivity index is 4.72. The second-order valence-electron chi connectivity index (χ2n) is 7.81. The predicted octanol–water partition coefficient (Wildman–Crippen LogP) is 2.46. The summed E-state index contributed by atoms with van der Waals surface area (Å²) in [5.74, 6) is 0. The van der Waals surface area contributed by atoms with Crippen LogP contribution in [0.5, 0.6) is 0 Å². The lowest BCUT2D eigenvalue weighted by Gasteiger charge is -2.41. The molecule has 116 valence electrons. The first-order valence-electron chi connectivity index (χ1n) is 6.82. The van der Waals surface area contributed by atoms with Crippen LogP contribution in [0.25, 0.3) is 0 Å². The monoisotopic (exact) mass is 292 g/mol. The summed E-state index contributed by atoms with van der Waals surface area (Å²) in [5, 5.41) is 3.47. The Kier molecular flexibility index (Phi) is 5.66. The molecule has 0 saturated heterocycles. The van der Waals surface area contributed by atoms with Crippen LogP contribution in [-0.4, -0.2) is 43.1 Å². The maximum atomic E-state index is 11.8. The molecule has 0 heterocycles. The Labute approximate surface area is 120 Å². The molecule has 0 aliphatic carbocycles. The van der Waals surface area contributed by atoms with Gasteiger partial charge in [-0.05, 0) is 40.0 Å². The van der Waals surface area contributed by atoms with Gasteiger partial charge in [0.2, 0.25) is 10.0 Å². The van der Waals surface area contributed by atoms with Crippen molar-refractivity contribution in [1.29, 1.82) is 0 Å². The van der Waals surface area contributed by atoms with Crippen LogP contribution in [0.2, 0.25) is 0 Å². The minimum atomic E-state index is -3.18. The van der Waals surface area contributed by atoms with Crippen LogP contribution in [0.4, 0.5) is 0 Å². The zero-order valence-electron chi connectivity index (χ0n) is 14.1. The number of sulfonamides is 1. The lowest BCUT2D eigenvalue weighted by Crippen LogP contribution is -2.54. The summed E-state index contributed by atoms with van der Waals surface area (Å²) < 4.78 is 25.2. The number of rotatable bonds is 5. The molecule has 5 heteroatoms. The summed E-state index contributed by atoms with van der Waals surface area (Å²) in [5.41, 5.74) is -0.320. The largest absolute Gasteiger partial charge is 0.310 e. The standard InChI is InChI=1S/C14H32N2O2S/c1-12(2,3)14(7,8)15-10-11-16(13(4,5)6)19(9,17)18/h15H,10-11H2,1-9H3. The Morgan fingerprint density at radius 1 is 0.947 bits per heavy atom. The molecule has 0 aliphatic rings. The Morgan fingerprint density at radius 3 is 1.63 bits per heavy atom. The van der Waals surface area contributed by atoms with E-state index in [4.69, 9.17) is 0 Å². The first-order valence-corrected chi connectivity index (χ1v) is 8.67. The molecule has 4 nitrogen and oxygen atoms in total. The number of nitrogens with one attached hydrogen (secondary N) is 1. The Morgan fingerprint density at radius 2 is 1.37 bits per heavy atom. The van der Waals surface area contributed by atoms with Crippen molar-refractivity contribution in [2.75, 3.05) is 19.3 Å². The first kappa shape index (κ1) is 18.9.